The zero-order valence-electron chi connectivity index (χ0n) is 15.1. The highest BCUT2D eigenvalue weighted by Gasteiger charge is 2.22. The number of rotatable bonds is 4. The van der Waals surface area contributed by atoms with E-state index in [1.165, 1.54) is 0 Å². The largest absolute Gasteiger partial charge is 0.497 e. The van der Waals surface area contributed by atoms with E-state index in [9.17, 15) is 4.79 Å². The molecule has 4 rings (SSSR count). The Morgan fingerprint density at radius 1 is 1.22 bits per heavy atom. The van der Waals surface area contributed by atoms with Gasteiger partial charge in [-0.1, -0.05) is 6.07 Å². The number of fused-ring (bicyclic) bond motifs is 1. The van der Waals surface area contributed by atoms with Crippen molar-refractivity contribution in [2.45, 2.75) is 31.8 Å². The minimum atomic E-state index is -0.0796. The minimum Gasteiger partial charge on any atom is -0.497 e. The molecule has 0 radical (unpaired) electrons. The van der Waals surface area contributed by atoms with Crippen molar-refractivity contribution in [1.82, 2.24) is 25.1 Å². The molecule has 3 aromatic rings. The lowest BCUT2D eigenvalue weighted by Gasteiger charge is -2.16. The van der Waals surface area contributed by atoms with Crippen molar-refractivity contribution in [3.05, 3.63) is 60.2 Å². The van der Waals surface area contributed by atoms with Gasteiger partial charge < -0.3 is 14.6 Å². The van der Waals surface area contributed by atoms with Gasteiger partial charge >= 0.3 is 0 Å². The number of pyridine rings is 1. The highest BCUT2D eigenvalue weighted by molar-refractivity contribution is 5.94. The van der Waals surface area contributed by atoms with Gasteiger partial charge in [0.2, 0.25) is 0 Å². The molecule has 1 aromatic carbocycles. The van der Waals surface area contributed by atoms with Gasteiger partial charge in [0, 0.05) is 42.5 Å². The monoisotopic (exact) mass is 363 g/mol. The van der Waals surface area contributed by atoms with Crippen LogP contribution in [-0.4, -0.2) is 38.8 Å². The third-order valence-electron chi connectivity index (χ3n) is 4.83. The van der Waals surface area contributed by atoms with Crippen LogP contribution in [0.25, 0.3) is 11.4 Å². The summed E-state index contributed by atoms with van der Waals surface area (Å²) in [4.78, 5) is 16.7. The maximum Gasteiger partial charge on any atom is 0.251 e. The second kappa shape index (κ2) is 7.57. The number of aromatic nitrogens is 4. The van der Waals surface area contributed by atoms with Gasteiger partial charge in [-0.3, -0.25) is 9.78 Å². The fraction of sp³-hybridized carbons (Fsp3) is 0.300. The smallest absolute Gasteiger partial charge is 0.251 e. The molecule has 0 spiro atoms. The summed E-state index contributed by atoms with van der Waals surface area (Å²) >= 11 is 0. The summed E-state index contributed by atoms with van der Waals surface area (Å²) in [5, 5.41) is 11.8. The first kappa shape index (κ1) is 17.2. The maximum atomic E-state index is 12.6. The number of aryl methyl sites for hydroxylation is 1. The van der Waals surface area contributed by atoms with Crippen LogP contribution in [0.5, 0.6) is 5.75 Å². The number of carbonyl (C=O) groups excluding carboxylic acids is 1. The summed E-state index contributed by atoms with van der Waals surface area (Å²) in [6.45, 7) is 0.760. The molecule has 1 amide bonds. The third-order valence-corrected chi connectivity index (χ3v) is 4.83. The molecule has 3 heterocycles. The predicted molar refractivity (Wildman–Crippen MR) is 100 cm³/mol. The van der Waals surface area contributed by atoms with Crippen molar-refractivity contribution in [3.63, 3.8) is 0 Å². The van der Waals surface area contributed by atoms with E-state index in [0.717, 1.165) is 43.0 Å². The minimum absolute atomic E-state index is 0.0796. The summed E-state index contributed by atoms with van der Waals surface area (Å²) in [6.07, 6.45) is 5.97. The molecular formula is C20H21N5O2. The van der Waals surface area contributed by atoms with Gasteiger partial charge in [0.15, 0.2) is 5.82 Å². The molecule has 1 aliphatic heterocycles. The molecule has 1 atom stereocenters. The van der Waals surface area contributed by atoms with Crippen molar-refractivity contribution in [2.24, 2.45) is 0 Å². The first-order valence-corrected chi connectivity index (χ1v) is 9.02. The molecule has 7 heteroatoms. The lowest BCUT2D eigenvalue weighted by atomic mass is 10.1. The molecule has 1 unspecified atom stereocenters. The van der Waals surface area contributed by atoms with E-state index in [-0.39, 0.29) is 11.9 Å². The first-order chi connectivity index (χ1) is 13.2. The molecule has 0 saturated heterocycles. The molecule has 7 nitrogen and oxygen atoms in total. The van der Waals surface area contributed by atoms with Crippen molar-refractivity contribution < 1.29 is 9.53 Å². The van der Waals surface area contributed by atoms with Crippen LogP contribution in [0.4, 0.5) is 0 Å². The van der Waals surface area contributed by atoms with Gasteiger partial charge in [0.05, 0.1) is 7.11 Å². The normalized spacial score (nSPS) is 16.3. The maximum absolute atomic E-state index is 12.6. The summed E-state index contributed by atoms with van der Waals surface area (Å²) in [6, 6.07) is 11.2. The van der Waals surface area contributed by atoms with Crippen LogP contribution < -0.4 is 10.1 Å². The van der Waals surface area contributed by atoms with Crippen molar-refractivity contribution in [3.8, 4) is 17.1 Å². The molecule has 2 aromatic heterocycles. The summed E-state index contributed by atoms with van der Waals surface area (Å²) in [7, 11) is 1.59. The van der Waals surface area contributed by atoms with Gasteiger partial charge in [-0.2, -0.15) is 0 Å². The van der Waals surface area contributed by atoms with Gasteiger partial charge in [-0.15, -0.1) is 10.2 Å². The number of hydrogen-bond acceptors (Lipinski definition) is 5. The van der Waals surface area contributed by atoms with Gasteiger partial charge in [0.25, 0.3) is 5.91 Å². The van der Waals surface area contributed by atoms with E-state index in [1.807, 2.05) is 24.3 Å². The van der Waals surface area contributed by atoms with E-state index < -0.39 is 0 Å². The highest BCUT2D eigenvalue weighted by atomic mass is 16.5. The quantitative estimate of drug-likeness (QED) is 0.770. The average Bonchev–Trinajstić information content (AvgIpc) is 3.03. The Labute approximate surface area is 157 Å². The van der Waals surface area contributed by atoms with Crippen LogP contribution in [0.1, 0.15) is 29.0 Å². The number of nitrogens with zero attached hydrogens (tertiary/aromatic N) is 4. The number of carbonyl (C=O) groups is 1. The fourth-order valence-corrected chi connectivity index (χ4v) is 3.37. The Morgan fingerprint density at radius 2 is 2.15 bits per heavy atom. The summed E-state index contributed by atoms with van der Waals surface area (Å²) in [5.74, 6) is 2.38. The van der Waals surface area contributed by atoms with E-state index in [1.54, 1.807) is 31.6 Å². The van der Waals surface area contributed by atoms with Crippen molar-refractivity contribution >= 4 is 5.91 Å². The van der Waals surface area contributed by atoms with Crippen LogP contribution in [0.3, 0.4) is 0 Å². The van der Waals surface area contributed by atoms with Crippen LogP contribution in [0.15, 0.2) is 48.8 Å². The first-order valence-electron chi connectivity index (χ1n) is 9.02. The average molecular weight is 363 g/mol. The Morgan fingerprint density at radius 3 is 2.96 bits per heavy atom. The number of amides is 1. The van der Waals surface area contributed by atoms with Crippen LogP contribution in [0, 0.1) is 0 Å². The highest BCUT2D eigenvalue weighted by Crippen LogP contribution is 2.22. The molecule has 0 aliphatic carbocycles. The lowest BCUT2D eigenvalue weighted by molar-refractivity contribution is 0.0932. The van der Waals surface area contributed by atoms with Gasteiger partial charge in [0.1, 0.15) is 11.6 Å². The van der Waals surface area contributed by atoms with Crippen molar-refractivity contribution in [1.29, 1.82) is 0 Å². The summed E-state index contributed by atoms with van der Waals surface area (Å²) in [5.41, 5.74) is 1.56. The standard InChI is InChI=1S/C20H21N5O2/c1-27-17-6-2-4-14(12-17)20(26)22-16-7-8-18-23-24-19(25(18)11-9-16)15-5-3-10-21-13-15/h2-6,10,12-13,16H,7-9,11H2,1H3,(H,22,26). The predicted octanol–water partition coefficient (Wildman–Crippen LogP) is 2.48. The second-order valence-corrected chi connectivity index (χ2v) is 6.56. The number of ether oxygens (including phenoxy) is 1. The molecule has 0 bridgehead atoms. The van der Waals surface area contributed by atoms with Crippen LogP contribution in [0.2, 0.25) is 0 Å². The number of benzene rings is 1. The zero-order chi connectivity index (χ0) is 18.6. The Bertz CT molecular complexity index is 939. The lowest BCUT2D eigenvalue weighted by Crippen LogP contribution is -2.35. The number of hydrogen-bond donors (Lipinski definition) is 1. The SMILES string of the molecule is COc1cccc(C(=O)NC2CCc3nnc(-c4cccnc4)n3CC2)c1. The summed E-state index contributed by atoms with van der Waals surface area (Å²) < 4.78 is 7.33. The van der Waals surface area contributed by atoms with Crippen molar-refractivity contribution in [2.75, 3.05) is 7.11 Å². The Hall–Kier alpha value is -3.22. The molecule has 1 N–H and O–H groups in total. The van der Waals surface area contributed by atoms with E-state index >= 15 is 0 Å². The molecular weight excluding hydrogens is 342 g/mol. The number of methoxy groups -OCH3 is 1. The Kier molecular flexibility index (Phi) is 4.82. The molecule has 0 fully saturated rings. The third kappa shape index (κ3) is 3.67. The zero-order valence-corrected chi connectivity index (χ0v) is 15.1. The van der Waals surface area contributed by atoms with E-state index in [0.29, 0.717) is 11.3 Å². The van der Waals surface area contributed by atoms with Crippen LogP contribution in [-0.2, 0) is 13.0 Å². The van der Waals surface area contributed by atoms with Gasteiger partial charge in [-0.05, 0) is 43.2 Å². The van der Waals surface area contributed by atoms with E-state index in [2.05, 4.69) is 25.1 Å². The topological polar surface area (TPSA) is 81.9 Å². The number of nitrogens with one attached hydrogen (secondary N) is 1. The molecule has 1 aliphatic rings. The Balaban J connectivity index is 1.46. The molecule has 27 heavy (non-hydrogen) atoms. The molecule has 138 valence electrons. The second-order valence-electron chi connectivity index (χ2n) is 6.56. The van der Waals surface area contributed by atoms with Gasteiger partial charge in [-0.25, -0.2) is 0 Å². The van der Waals surface area contributed by atoms with Crippen LogP contribution >= 0.6 is 0 Å². The molecule has 0 saturated carbocycles. The van der Waals surface area contributed by atoms with E-state index in [4.69, 9.17) is 4.74 Å². The fourth-order valence-electron chi connectivity index (χ4n) is 3.37.